The topological polar surface area (TPSA) is 30.2 Å². The summed E-state index contributed by atoms with van der Waals surface area (Å²) in [5.74, 6) is 0.287. The van der Waals surface area contributed by atoms with E-state index >= 15 is 0 Å². The van der Waals surface area contributed by atoms with Gasteiger partial charge in [-0.2, -0.15) is 0 Å². The van der Waals surface area contributed by atoms with E-state index in [1.807, 2.05) is 6.92 Å². The standard InChI is InChI=1S/C13H11FO2/c1-2-11-6-7-12(16-11)13(15)9-4-3-5-10(14)8-9/h3-8H,2H2,1H3. The molecule has 1 aromatic carbocycles. The Morgan fingerprint density at radius 3 is 2.75 bits per heavy atom. The number of ketones is 1. The van der Waals surface area contributed by atoms with Gasteiger partial charge in [-0.05, 0) is 24.3 Å². The molecule has 0 unspecified atom stereocenters. The lowest BCUT2D eigenvalue weighted by Gasteiger charge is -1.97. The zero-order valence-corrected chi connectivity index (χ0v) is 8.87. The van der Waals surface area contributed by atoms with Gasteiger partial charge in [0, 0.05) is 12.0 Å². The predicted octanol–water partition coefficient (Wildman–Crippen LogP) is 3.21. The number of hydrogen-bond acceptors (Lipinski definition) is 2. The minimum atomic E-state index is -0.423. The van der Waals surface area contributed by atoms with Gasteiger partial charge in [-0.15, -0.1) is 0 Å². The van der Waals surface area contributed by atoms with E-state index in [1.54, 1.807) is 18.2 Å². The van der Waals surface area contributed by atoms with Crippen LogP contribution in [0.15, 0.2) is 40.8 Å². The minimum absolute atomic E-state index is 0.252. The lowest BCUT2D eigenvalue weighted by Crippen LogP contribution is -1.99. The van der Waals surface area contributed by atoms with Crippen molar-refractivity contribution in [1.82, 2.24) is 0 Å². The summed E-state index contributed by atoms with van der Waals surface area (Å²) in [4.78, 5) is 11.9. The van der Waals surface area contributed by atoms with E-state index in [2.05, 4.69) is 0 Å². The molecule has 82 valence electrons. The summed E-state index contributed by atoms with van der Waals surface area (Å²) in [5.41, 5.74) is 0.303. The van der Waals surface area contributed by atoms with Crippen LogP contribution in [0.5, 0.6) is 0 Å². The van der Waals surface area contributed by atoms with Gasteiger partial charge >= 0.3 is 0 Å². The third-order valence-electron chi connectivity index (χ3n) is 2.32. The first kappa shape index (κ1) is 10.6. The summed E-state index contributed by atoms with van der Waals surface area (Å²) in [6, 6.07) is 8.96. The highest BCUT2D eigenvalue weighted by Crippen LogP contribution is 2.14. The van der Waals surface area contributed by atoms with E-state index in [4.69, 9.17) is 4.42 Å². The molecule has 0 aliphatic rings. The van der Waals surface area contributed by atoms with Crippen LogP contribution in [0.25, 0.3) is 0 Å². The van der Waals surface area contributed by atoms with Gasteiger partial charge in [-0.1, -0.05) is 19.1 Å². The van der Waals surface area contributed by atoms with E-state index in [0.29, 0.717) is 5.56 Å². The number of carbonyl (C=O) groups is 1. The second-order valence-electron chi connectivity index (χ2n) is 3.46. The predicted molar refractivity (Wildman–Crippen MR) is 57.9 cm³/mol. The molecule has 0 fully saturated rings. The zero-order chi connectivity index (χ0) is 11.5. The number of aryl methyl sites for hydroxylation is 1. The summed E-state index contributed by atoms with van der Waals surface area (Å²) < 4.78 is 18.2. The first-order valence-electron chi connectivity index (χ1n) is 5.09. The fourth-order valence-electron chi connectivity index (χ4n) is 1.46. The van der Waals surface area contributed by atoms with Gasteiger partial charge in [-0.3, -0.25) is 4.79 Å². The number of rotatable bonds is 3. The lowest BCUT2D eigenvalue weighted by atomic mass is 10.1. The zero-order valence-electron chi connectivity index (χ0n) is 8.87. The molecule has 0 atom stereocenters. The van der Waals surface area contributed by atoms with Crippen LogP contribution < -0.4 is 0 Å². The average molecular weight is 218 g/mol. The van der Waals surface area contributed by atoms with Gasteiger partial charge in [0.2, 0.25) is 5.78 Å². The van der Waals surface area contributed by atoms with E-state index in [9.17, 15) is 9.18 Å². The Hall–Kier alpha value is -1.90. The molecule has 0 amide bonds. The molecule has 0 N–H and O–H groups in total. The molecule has 0 saturated carbocycles. The number of halogens is 1. The quantitative estimate of drug-likeness (QED) is 0.740. The Labute approximate surface area is 92.7 Å². The molecule has 3 heteroatoms. The largest absolute Gasteiger partial charge is 0.458 e. The minimum Gasteiger partial charge on any atom is -0.458 e. The number of benzene rings is 1. The molecule has 1 heterocycles. The van der Waals surface area contributed by atoms with Crippen molar-refractivity contribution < 1.29 is 13.6 Å². The Kier molecular flexibility index (Phi) is 2.86. The van der Waals surface area contributed by atoms with Crippen LogP contribution in [0.2, 0.25) is 0 Å². The first-order chi connectivity index (χ1) is 7.70. The van der Waals surface area contributed by atoms with Crippen molar-refractivity contribution in [1.29, 1.82) is 0 Å². The highest BCUT2D eigenvalue weighted by Gasteiger charge is 2.13. The molecule has 2 nitrogen and oxygen atoms in total. The Morgan fingerprint density at radius 2 is 2.12 bits per heavy atom. The van der Waals surface area contributed by atoms with Crippen LogP contribution in [0.4, 0.5) is 4.39 Å². The van der Waals surface area contributed by atoms with E-state index in [-0.39, 0.29) is 11.5 Å². The average Bonchev–Trinajstić information content (AvgIpc) is 2.76. The van der Waals surface area contributed by atoms with Crippen LogP contribution in [0, 0.1) is 5.82 Å². The normalized spacial score (nSPS) is 10.4. The van der Waals surface area contributed by atoms with Crippen LogP contribution in [-0.2, 0) is 6.42 Å². The van der Waals surface area contributed by atoms with Crippen molar-refractivity contribution in [2.75, 3.05) is 0 Å². The monoisotopic (exact) mass is 218 g/mol. The molecule has 1 aromatic heterocycles. The lowest BCUT2D eigenvalue weighted by molar-refractivity contribution is 0.101. The second kappa shape index (κ2) is 4.31. The number of furan rings is 1. The number of hydrogen-bond donors (Lipinski definition) is 0. The summed E-state index contributed by atoms with van der Waals surface area (Å²) >= 11 is 0. The molecule has 2 rings (SSSR count). The van der Waals surface area contributed by atoms with Gasteiger partial charge in [0.05, 0.1) is 0 Å². The molecule has 0 bridgehead atoms. The van der Waals surface area contributed by atoms with Gasteiger partial charge in [-0.25, -0.2) is 4.39 Å². The molecule has 0 saturated heterocycles. The van der Waals surface area contributed by atoms with Crippen molar-refractivity contribution >= 4 is 5.78 Å². The summed E-state index contributed by atoms with van der Waals surface area (Å²) in [6.45, 7) is 1.94. The second-order valence-corrected chi connectivity index (χ2v) is 3.46. The van der Waals surface area contributed by atoms with Gasteiger partial charge in [0.15, 0.2) is 5.76 Å². The molecular weight excluding hydrogens is 207 g/mol. The van der Waals surface area contributed by atoms with Crippen LogP contribution >= 0.6 is 0 Å². The maximum absolute atomic E-state index is 12.9. The fourth-order valence-corrected chi connectivity index (χ4v) is 1.46. The molecule has 0 spiro atoms. The summed E-state index contributed by atoms with van der Waals surface area (Å²) in [6.07, 6.45) is 0.733. The Balaban J connectivity index is 2.31. The molecule has 0 aliphatic carbocycles. The molecule has 0 radical (unpaired) electrons. The van der Waals surface area contributed by atoms with E-state index in [1.165, 1.54) is 18.2 Å². The van der Waals surface area contributed by atoms with Crippen LogP contribution in [0.3, 0.4) is 0 Å². The van der Waals surface area contributed by atoms with Crippen molar-refractivity contribution in [3.8, 4) is 0 Å². The summed E-state index contributed by atoms with van der Waals surface area (Å²) in [7, 11) is 0. The third-order valence-corrected chi connectivity index (χ3v) is 2.32. The van der Waals surface area contributed by atoms with E-state index < -0.39 is 5.82 Å². The molecule has 16 heavy (non-hydrogen) atoms. The Bertz CT molecular complexity index is 514. The van der Waals surface area contributed by atoms with Crippen molar-refractivity contribution in [3.63, 3.8) is 0 Å². The van der Waals surface area contributed by atoms with Gasteiger partial charge < -0.3 is 4.42 Å². The SMILES string of the molecule is CCc1ccc(C(=O)c2cccc(F)c2)o1. The summed E-state index contributed by atoms with van der Waals surface area (Å²) in [5, 5.41) is 0. The first-order valence-corrected chi connectivity index (χ1v) is 5.09. The highest BCUT2D eigenvalue weighted by atomic mass is 19.1. The number of carbonyl (C=O) groups excluding carboxylic acids is 1. The smallest absolute Gasteiger partial charge is 0.228 e. The van der Waals surface area contributed by atoms with Crippen LogP contribution in [-0.4, -0.2) is 5.78 Å². The Morgan fingerprint density at radius 1 is 1.31 bits per heavy atom. The van der Waals surface area contributed by atoms with Crippen molar-refractivity contribution in [3.05, 3.63) is 59.3 Å². The van der Waals surface area contributed by atoms with Crippen LogP contribution in [0.1, 0.15) is 28.8 Å². The fraction of sp³-hybridized carbons (Fsp3) is 0.154. The molecule has 2 aromatic rings. The van der Waals surface area contributed by atoms with Gasteiger partial charge in [0.1, 0.15) is 11.6 Å². The third kappa shape index (κ3) is 2.03. The van der Waals surface area contributed by atoms with Gasteiger partial charge in [0.25, 0.3) is 0 Å². The van der Waals surface area contributed by atoms with Crippen molar-refractivity contribution in [2.45, 2.75) is 13.3 Å². The van der Waals surface area contributed by atoms with E-state index in [0.717, 1.165) is 12.2 Å². The molecule has 0 aliphatic heterocycles. The maximum atomic E-state index is 12.9. The highest BCUT2D eigenvalue weighted by molar-refractivity contribution is 6.07. The maximum Gasteiger partial charge on any atom is 0.228 e. The molecular formula is C13H11FO2. The van der Waals surface area contributed by atoms with Crippen molar-refractivity contribution in [2.24, 2.45) is 0 Å².